The Kier molecular flexibility index (Phi) is 4.68. The van der Waals surface area contributed by atoms with Crippen LogP contribution < -0.4 is 10.6 Å². The molecule has 0 atom stereocenters. The van der Waals surface area contributed by atoms with Crippen molar-refractivity contribution in [3.8, 4) is 0 Å². The van der Waals surface area contributed by atoms with Crippen LogP contribution in [0, 0.1) is 10.1 Å². The standard InChI is InChI=1S/C14H12F3N5O3S/c15-14(16,17)8-6-9-11(10(7-8)22(24)25)26-13(20-9)12(23)18-3-5-21-4-1-2-19-21/h1-2,4,6-7,18,20,23H,3,5H2. The summed E-state index contributed by atoms with van der Waals surface area (Å²) in [5.74, 6) is -0.318. The molecular formula is C14H12F3N5O3S. The number of aliphatic hydroxyl groups is 1. The molecular weight excluding hydrogens is 375 g/mol. The van der Waals surface area contributed by atoms with E-state index in [1.165, 1.54) is 0 Å². The second-order valence-electron chi connectivity index (χ2n) is 5.23. The van der Waals surface area contributed by atoms with E-state index < -0.39 is 22.4 Å². The van der Waals surface area contributed by atoms with Crippen molar-refractivity contribution in [2.45, 2.75) is 17.6 Å². The molecule has 0 unspecified atom stereocenters. The molecule has 12 heteroatoms. The zero-order chi connectivity index (χ0) is 18.9. The number of halogens is 3. The number of nitrogens with zero attached hydrogens (tertiary/aromatic N) is 3. The van der Waals surface area contributed by atoms with Crippen molar-refractivity contribution < 1.29 is 23.2 Å². The second kappa shape index (κ2) is 6.78. The van der Waals surface area contributed by atoms with E-state index in [4.69, 9.17) is 0 Å². The number of nitrogens with one attached hydrogen (secondary N) is 2. The number of nitro benzene ring substituents is 1. The molecule has 0 aliphatic carbocycles. The van der Waals surface area contributed by atoms with Crippen LogP contribution in [0.2, 0.25) is 0 Å². The Morgan fingerprint density at radius 2 is 2.23 bits per heavy atom. The van der Waals surface area contributed by atoms with E-state index in [1.807, 2.05) is 0 Å². The highest BCUT2D eigenvalue weighted by Crippen LogP contribution is 2.49. The summed E-state index contributed by atoms with van der Waals surface area (Å²) in [6.45, 7) is 0.742. The number of thioether (sulfide) groups is 1. The summed E-state index contributed by atoms with van der Waals surface area (Å²) in [4.78, 5) is 10.2. The molecule has 1 aromatic carbocycles. The van der Waals surface area contributed by atoms with Gasteiger partial charge in [-0.25, -0.2) is 0 Å². The Balaban J connectivity index is 1.80. The number of aliphatic hydroxyl groups excluding tert-OH is 1. The summed E-state index contributed by atoms with van der Waals surface area (Å²) in [7, 11) is 0. The van der Waals surface area contributed by atoms with Gasteiger partial charge in [0.1, 0.15) is 9.92 Å². The number of anilines is 1. The highest BCUT2D eigenvalue weighted by atomic mass is 32.2. The van der Waals surface area contributed by atoms with Gasteiger partial charge in [-0.15, -0.1) is 0 Å². The van der Waals surface area contributed by atoms with Gasteiger partial charge in [0.25, 0.3) is 5.69 Å². The minimum atomic E-state index is -4.72. The summed E-state index contributed by atoms with van der Waals surface area (Å²) in [5, 5.41) is 30.5. The van der Waals surface area contributed by atoms with Gasteiger partial charge >= 0.3 is 6.18 Å². The number of hydrogen-bond donors (Lipinski definition) is 3. The number of aromatic nitrogens is 2. The lowest BCUT2D eigenvalue weighted by atomic mass is 10.1. The summed E-state index contributed by atoms with van der Waals surface area (Å²) >= 11 is 0.791. The van der Waals surface area contributed by atoms with Crippen LogP contribution in [-0.2, 0) is 12.7 Å². The first-order valence-corrected chi connectivity index (χ1v) is 8.06. The molecule has 0 fully saturated rings. The predicted octanol–water partition coefficient (Wildman–Crippen LogP) is 3.30. The summed E-state index contributed by atoms with van der Waals surface area (Å²) in [6, 6.07) is 3.00. The molecule has 8 nitrogen and oxygen atoms in total. The molecule has 1 aliphatic heterocycles. The number of benzene rings is 1. The number of rotatable bonds is 5. The van der Waals surface area contributed by atoms with E-state index in [2.05, 4.69) is 15.7 Å². The van der Waals surface area contributed by atoms with Crippen LogP contribution in [0.25, 0.3) is 0 Å². The largest absolute Gasteiger partial charge is 0.493 e. The molecule has 2 aromatic rings. The maximum atomic E-state index is 12.9. The Morgan fingerprint density at radius 1 is 1.46 bits per heavy atom. The fourth-order valence-electron chi connectivity index (χ4n) is 2.27. The molecule has 26 heavy (non-hydrogen) atoms. The maximum absolute atomic E-state index is 12.9. The first kappa shape index (κ1) is 17.9. The van der Waals surface area contributed by atoms with E-state index in [0.29, 0.717) is 19.2 Å². The quantitative estimate of drug-likeness (QED) is 0.411. The fourth-order valence-corrected chi connectivity index (χ4v) is 3.26. The molecule has 1 aromatic heterocycles. The third-order valence-electron chi connectivity index (χ3n) is 3.45. The minimum Gasteiger partial charge on any atom is -0.493 e. The van der Waals surface area contributed by atoms with Gasteiger partial charge in [-0.2, -0.15) is 18.3 Å². The van der Waals surface area contributed by atoms with Crippen LogP contribution >= 0.6 is 11.8 Å². The monoisotopic (exact) mass is 387 g/mol. The summed E-state index contributed by atoms with van der Waals surface area (Å²) in [5.41, 5.74) is -1.89. The molecule has 0 radical (unpaired) electrons. The molecule has 2 heterocycles. The first-order valence-electron chi connectivity index (χ1n) is 7.25. The van der Waals surface area contributed by atoms with Crippen molar-refractivity contribution in [2.24, 2.45) is 0 Å². The normalized spacial score (nSPS) is 15.3. The van der Waals surface area contributed by atoms with E-state index in [0.717, 1.165) is 17.8 Å². The van der Waals surface area contributed by atoms with Gasteiger partial charge in [0, 0.05) is 25.0 Å². The van der Waals surface area contributed by atoms with E-state index in [-0.39, 0.29) is 21.5 Å². The van der Waals surface area contributed by atoms with E-state index in [9.17, 15) is 28.4 Å². The highest BCUT2D eigenvalue weighted by molar-refractivity contribution is 8.03. The van der Waals surface area contributed by atoms with Crippen molar-refractivity contribution in [1.29, 1.82) is 0 Å². The number of hydrogen-bond acceptors (Lipinski definition) is 7. The fraction of sp³-hybridized carbons (Fsp3) is 0.214. The Labute approximate surface area is 148 Å². The topological polar surface area (TPSA) is 105 Å². The van der Waals surface area contributed by atoms with Crippen LogP contribution in [-0.4, -0.2) is 26.4 Å². The van der Waals surface area contributed by atoms with Crippen LogP contribution in [0.1, 0.15) is 5.56 Å². The summed E-state index contributed by atoms with van der Waals surface area (Å²) in [6.07, 6.45) is -1.39. The van der Waals surface area contributed by atoms with Crippen LogP contribution in [0.5, 0.6) is 0 Å². The van der Waals surface area contributed by atoms with Crippen LogP contribution in [0.15, 0.2) is 46.4 Å². The molecule has 0 amide bonds. The maximum Gasteiger partial charge on any atom is 0.416 e. The molecule has 138 valence electrons. The highest BCUT2D eigenvalue weighted by Gasteiger charge is 2.37. The zero-order valence-electron chi connectivity index (χ0n) is 12.9. The van der Waals surface area contributed by atoms with Gasteiger partial charge in [-0.05, 0) is 12.1 Å². The molecule has 0 spiro atoms. The first-order chi connectivity index (χ1) is 12.3. The lowest BCUT2D eigenvalue weighted by Gasteiger charge is -2.09. The molecule has 3 N–H and O–H groups in total. The van der Waals surface area contributed by atoms with Gasteiger partial charge < -0.3 is 15.7 Å². The average molecular weight is 387 g/mol. The summed E-state index contributed by atoms with van der Waals surface area (Å²) < 4.78 is 40.4. The average Bonchev–Trinajstić information content (AvgIpc) is 3.21. The third-order valence-corrected chi connectivity index (χ3v) is 4.59. The predicted molar refractivity (Wildman–Crippen MR) is 87.5 cm³/mol. The van der Waals surface area contributed by atoms with Gasteiger partial charge in [0.2, 0.25) is 5.88 Å². The third kappa shape index (κ3) is 3.69. The van der Waals surface area contributed by atoms with E-state index in [1.54, 1.807) is 23.1 Å². The Hall–Kier alpha value is -2.89. The molecule has 0 bridgehead atoms. The lowest BCUT2D eigenvalue weighted by molar-refractivity contribution is -0.387. The van der Waals surface area contributed by atoms with E-state index >= 15 is 0 Å². The molecule has 3 rings (SSSR count). The van der Waals surface area contributed by atoms with Crippen molar-refractivity contribution in [3.05, 3.63) is 57.2 Å². The molecule has 0 saturated carbocycles. The van der Waals surface area contributed by atoms with Crippen molar-refractivity contribution in [3.63, 3.8) is 0 Å². The number of nitro groups is 1. The van der Waals surface area contributed by atoms with Gasteiger partial charge in [0.15, 0.2) is 0 Å². The second-order valence-corrected chi connectivity index (χ2v) is 6.25. The zero-order valence-corrected chi connectivity index (χ0v) is 13.8. The smallest absolute Gasteiger partial charge is 0.416 e. The number of fused-ring (bicyclic) bond motifs is 1. The van der Waals surface area contributed by atoms with Crippen molar-refractivity contribution >= 4 is 23.1 Å². The lowest BCUT2D eigenvalue weighted by Crippen LogP contribution is -2.21. The molecule has 0 saturated heterocycles. The van der Waals surface area contributed by atoms with Gasteiger partial charge in [0.05, 0.1) is 22.7 Å². The Bertz CT molecular complexity index is 867. The Morgan fingerprint density at radius 3 is 2.85 bits per heavy atom. The van der Waals surface area contributed by atoms with Crippen molar-refractivity contribution in [1.82, 2.24) is 15.1 Å². The molecule has 1 aliphatic rings. The van der Waals surface area contributed by atoms with Crippen molar-refractivity contribution in [2.75, 3.05) is 11.9 Å². The minimum absolute atomic E-state index is 0.0124. The van der Waals surface area contributed by atoms with Crippen LogP contribution in [0.4, 0.5) is 24.5 Å². The van der Waals surface area contributed by atoms with Crippen LogP contribution in [0.3, 0.4) is 0 Å². The van der Waals surface area contributed by atoms with Gasteiger partial charge in [-0.3, -0.25) is 14.8 Å². The number of alkyl halides is 3. The SMILES string of the molecule is O=[N+]([O-])c1cc(C(F)(F)F)cc2c1SC(=C(O)NCCn1cccn1)N2. The van der Waals surface area contributed by atoms with Gasteiger partial charge in [-0.1, -0.05) is 11.8 Å².